The van der Waals surface area contributed by atoms with E-state index in [-0.39, 0.29) is 0 Å². The summed E-state index contributed by atoms with van der Waals surface area (Å²) in [7, 11) is 5.12. The second kappa shape index (κ2) is 11.9. The number of benzene rings is 2. The third-order valence-corrected chi connectivity index (χ3v) is 4.30. The van der Waals surface area contributed by atoms with Gasteiger partial charge in [-0.2, -0.15) is 0 Å². The topological polar surface area (TPSA) is 64.1 Å². The van der Waals surface area contributed by atoms with Crippen LogP contribution in [0.25, 0.3) is 0 Å². The first-order valence-corrected chi connectivity index (χ1v) is 9.45. The van der Waals surface area contributed by atoms with Crippen molar-refractivity contribution in [2.75, 3.05) is 41.0 Å². The van der Waals surface area contributed by atoms with Gasteiger partial charge in [-0.1, -0.05) is 24.3 Å². The van der Waals surface area contributed by atoms with E-state index in [9.17, 15) is 0 Å². The van der Waals surface area contributed by atoms with E-state index in [0.717, 1.165) is 41.6 Å². The minimum atomic E-state index is 0.530. The molecule has 152 valence electrons. The smallest absolute Gasteiger partial charge is 0.191 e. The van der Waals surface area contributed by atoms with E-state index in [1.807, 2.05) is 18.2 Å². The van der Waals surface area contributed by atoms with Crippen LogP contribution in [-0.4, -0.2) is 47.0 Å². The van der Waals surface area contributed by atoms with E-state index in [0.29, 0.717) is 19.8 Å². The number of rotatable bonds is 10. The highest BCUT2D eigenvalue weighted by atomic mass is 16.5. The lowest BCUT2D eigenvalue weighted by molar-refractivity contribution is 0.145. The van der Waals surface area contributed by atoms with Crippen LogP contribution in [0.5, 0.6) is 11.5 Å². The molecule has 2 N–H and O–H groups in total. The van der Waals surface area contributed by atoms with Crippen LogP contribution in [0.4, 0.5) is 0 Å². The van der Waals surface area contributed by atoms with Crippen LogP contribution in [0.15, 0.2) is 47.5 Å². The molecule has 0 spiro atoms. The molecule has 0 heterocycles. The molecule has 0 radical (unpaired) electrons. The summed E-state index contributed by atoms with van der Waals surface area (Å²) in [6.45, 7) is 4.57. The zero-order valence-corrected chi connectivity index (χ0v) is 17.2. The summed E-state index contributed by atoms with van der Waals surface area (Å²) in [5, 5.41) is 6.69. The maximum absolute atomic E-state index is 5.85. The van der Waals surface area contributed by atoms with Crippen LogP contribution in [0.2, 0.25) is 0 Å². The molecule has 0 aliphatic heterocycles. The highest BCUT2D eigenvalue weighted by molar-refractivity contribution is 5.79. The van der Waals surface area contributed by atoms with Gasteiger partial charge in [-0.05, 0) is 42.7 Å². The van der Waals surface area contributed by atoms with Gasteiger partial charge in [0.15, 0.2) is 5.96 Å². The number of methoxy groups -OCH3 is 2. The molecule has 0 aliphatic rings. The van der Waals surface area contributed by atoms with Crippen molar-refractivity contribution in [1.29, 1.82) is 0 Å². The van der Waals surface area contributed by atoms with E-state index < -0.39 is 0 Å². The molecule has 0 aliphatic carbocycles. The van der Waals surface area contributed by atoms with Crippen LogP contribution in [0.1, 0.15) is 16.7 Å². The molecule has 0 saturated carbocycles. The van der Waals surface area contributed by atoms with E-state index >= 15 is 0 Å². The fourth-order valence-electron chi connectivity index (χ4n) is 2.69. The Morgan fingerprint density at radius 3 is 2.46 bits per heavy atom. The first-order valence-electron chi connectivity index (χ1n) is 9.45. The first kappa shape index (κ1) is 21.6. The average Bonchev–Trinajstić information content (AvgIpc) is 2.72. The average molecular weight is 386 g/mol. The van der Waals surface area contributed by atoms with Crippen molar-refractivity contribution in [3.8, 4) is 11.5 Å². The van der Waals surface area contributed by atoms with Crippen molar-refractivity contribution in [3.63, 3.8) is 0 Å². The van der Waals surface area contributed by atoms with Gasteiger partial charge in [-0.25, -0.2) is 0 Å². The van der Waals surface area contributed by atoms with Gasteiger partial charge >= 0.3 is 0 Å². The lowest BCUT2D eigenvalue weighted by atomic mass is 10.1. The molecule has 0 fully saturated rings. The molecule has 6 nitrogen and oxygen atoms in total. The highest BCUT2D eigenvalue weighted by Gasteiger charge is 2.06. The standard InChI is InChI=1S/C22H31N3O3/c1-17-5-8-19(21(15-17)28-14-13-26-3)16-25-22(23-2)24-12-11-18-6-9-20(27-4)10-7-18/h5-10,15H,11-14,16H2,1-4H3,(H2,23,24,25). The Hall–Kier alpha value is -2.73. The molecule has 0 saturated heterocycles. The Morgan fingerprint density at radius 1 is 1.00 bits per heavy atom. The molecule has 0 unspecified atom stereocenters. The molecular formula is C22H31N3O3. The number of hydrogen-bond donors (Lipinski definition) is 2. The van der Waals surface area contributed by atoms with Gasteiger partial charge in [0.25, 0.3) is 0 Å². The van der Waals surface area contributed by atoms with Crippen molar-refractivity contribution in [2.24, 2.45) is 4.99 Å². The zero-order chi connectivity index (χ0) is 20.2. The Balaban J connectivity index is 1.84. The predicted octanol–water partition coefficient (Wildman–Crippen LogP) is 2.94. The van der Waals surface area contributed by atoms with Crippen LogP contribution < -0.4 is 20.1 Å². The highest BCUT2D eigenvalue weighted by Crippen LogP contribution is 2.20. The molecule has 0 amide bonds. The minimum Gasteiger partial charge on any atom is -0.497 e. The molecule has 0 bridgehead atoms. The summed E-state index contributed by atoms with van der Waals surface area (Å²) in [5.74, 6) is 2.51. The van der Waals surface area contributed by atoms with Crippen LogP contribution in [-0.2, 0) is 17.7 Å². The van der Waals surface area contributed by atoms with Gasteiger partial charge in [-0.3, -0.25) is 4.99 Å². The molecule has 2 rings (SSSR count). The molecular weight excluding hydrogens is 354 g/mol. The fraction of sp³-hybridized carbons (Fsp3) is 0.409. The number of guanidine groups is 1. The van der Waals surface area contributed by atoms with Crippen molar-refractivity contribution < 1.29 is 14.2 Å². The van der Waals surface area contributed by atoms with Gasteiger partial charge in [-0.15, -0.1) is 0 Å². The molecule has 0 aromatic heterocycles. The van der Waals surface area contributed by atoms with Gasteiger partial charge in [0.1, 0.15) is 18.1 Å². The summed E-state index contributed by atoms with van der Waals surface area (Å²) in [6.07, 6.45) is 0.903. The third kappa shape index (κ3) is 7.12. The molecule has 2 aromatic carbocycles. The zero-order valence-electron chi connectivity index (χ0n) is 17.2. The number of nitrogens with zero attached hydrogens (tertiary/aromatic N) is 1. The van der Waals surface area contributed by atoms with E-state index in [1.165, 1.54) is 5.56 Å². The van der Waals surface area contributed by atoms with Crippen LogP contribution in [0, 0.1) is 6.92 Å². The second-order valence-corrected chi connectivity index (χ2v) is 6.40. The number of hydrogen-bond acceptors (Lipinski definition) is 4. The molecule has 28 heavy (non-hydrogen) atoms. The van der Waals surface area contributed by atoms with Crippen molar-refractivity contribution >= 4 is 5.96 Å². The molecule has 0 atom stereocenters. The van der Waals surface area contributed by atoms with Gasteiger partial charge in [0.05, 0.1) is 13.7 Å². The van der Waals surface area contributed by atoms with E-state index in [1.54, 1.807) is 21.3 Å². The SMILES string of the molecule is CN=C(NCCc1ccc(OC)cc1)NCc1ccc(C)cc1OCCOC. The normalized spacial score (nSPS) is 11.2. The Bertz CT molecular complexity index is 745. The molecule has 6 heteroatoms. The fourth-order valence-corrected chi connectivity index (χ4v) is 2.69. The van der Waals surface area contributed by atoms with Crippen LogP contribution >= 0.6 is 0 Å². The number of ether oxygens (including phenoxy) is 3. The second-order valence-electron chi connectivity index (χ2n) is 6.40. The number of aliphatic imine (C=N–C) groups is 1. The maximum Gasteiger partial charge on any atom is 0.191 e. The minimum absolute atomic E-state index is 0.530. The van der Waals surface area contributed by atoms with E-state index in [2.05, 4.69) is 46.8 Å². The monoisotopic (exact) mass is 385 g/mol. The summed E-state index contributed by atoms with van der Waals surface area (Å²) >= 11 is 0. The predicted molar refractivity (Wildman–Crippen MR) is 113 cm³/mol. The van der Waals surface area contributed by atoms with Gasteiger partial charge in [0, 0.05) is 32.8 Å². The summed E-state index contributed by atoms with van der Waals surface area (Å²) < 4.78 is 16.1. The van der Waals surface area contributed by atoms with Gasteiger partial charge < -0.3 is 24.8 Å². The third-order valence-electron chi connectivity index (χ3n) is 4.30. The number of aryl methyl sites for hydroxylation is 1. The summed E-state index contributed by atoms with van der Waals surface area (Å²) in [6, 6.07) is 14.3. The quantitative estimate of drug-likeness (QED) is 0.374. The largest absolute Gasteiger partial charge is 0.497 e. The van der Waals surface area contributed by atoms with Crippen LogP contribution in [0.3, 0.4) is 0 Å². The lowest BCUT2D eigenvalue weighted by Crippen LogP contribution is -2.37. The van der Waals surface area contributed by atoms with Gasteiger partial charge in [0.2, 0.25) is 0 Å². The Morgan fingerprint density at radius 2 is 1.79 bits per heavy atom. The lowest BCUT2D eigenvalue weighted by Gasteiger charge is -2.15. The van der Waals surface area contributed by atoms with E-state index in [4.69, 9.17) is 14.2 Å². The summed E-state index contributed by atoms with van der Waals surface area (Å²) in [5.41, 5.74) is 3.49. The summed E-state index contributed by atoms with van der Waals surface area (Å²) in [4.78, 5) is 4.30. The Labute approximate surface area is 167 Å². The van der Waals surface area contributed by atoms with Crippen molar-refractivity contribution in [1.82, 2.24) is 10.6 Å². The van der Waals surface area contributed by atoms with Crippen molar-refractivity contribution in [2.45, 2.75) is 19.9 Å². The first-order chi connectivity index (χ1) is 13.7. The Kier molecular flexibility index (Phi) is 9.15. The van der Waals surface area contributed by atoms with Crippen molar-refractivity contribution in [3.05, 3.63) is 59.2 Å². The maximum atomic E-state index is 5.85. The number of nitrogens with one attached hydrogen (secondary N) is 2. The molecule has 2 aromatic rings.